The SMILES string of the molecule is N#Cc1cccc(NC(=O)Nc2ccc(=O)n3c2[C@@H]2C[C@@H](CN(C(=O)COc4ccccc4)C2)C3)c1. The Hall–Kier alpha value is -4.58. The number of benzene rings is 2. The van der Waals surface area contributed by atoms with Crippen LogP contribution in [-0.4, -0.2) is 41.1 Å². The molecular formula is C27H25N5O4. The van der Waals surface area contributed by atoms with Gasteiger partial charge in [-0.05, 0) is 48.7 Å². The average Bonchev–Trinajstić information content (AvgIpc) is 2.89. The Kier molecular flexibility index (Phi) is 6.41. The molecule has 3 heterocycles. The highest BCUT2D eigenvalue weighted by Gasteiger charge is 2.38. The number of ether oxygens (including phenoxy) is 1. The molecule has 2 bridgehead atoms. The Morgan fingerprint density at radius 1 is 1.00 bits per heavy atom. The first kappa shape index (κ1) is 23.2. The van der Waals surface area contributed by atoms with Crippen LogP contribution in [0.3, 0.4) is 0 Å². The second kappa shape index (κ2) is 9.96. The molecule has 2 aliphatic heterocycles. The standard InChI is InChI=1S/C27H25N5O4/c28-13-18-5-4-6-21(12-18)29-27(35)30-23-9-10-24(33)32-15-19-11-20(26(23)32)16-31(14-19)25(34)17-36-22-7-2-1-3-8-22/h1-10,12,19-20H,11,14-17H2,(H2,29,30,35)/t19-,20+/m0/s1. The maximum atomic E-state index is 12.9. The predicted molar refractivity (Wildman–Crippen MR) is 134 cm³/mol. The van der Waals surface area contributed by atoms with Crippen LogP contribution in [0.2, 0.25) is 0 Å². The highest BCUT2D eigenvalue weighted by atomic mass is 16.5. The van der Waals surface area contributed by atoms with Crippen molar-refractivity contribution in [2.75, 3.05) is 30.3 Å². The normalized spacial score (nSPS) is 17.9. The molecule has 36 heavy (non-hydrogen) atoms. The lowest BCUT2D eigenvalue weighted by Crippen LogP contribution is -2.50. The van der Waals surface area contributed by atoms with E-state index in [4.69, 9.17) is 10.00 Å². The number of pyridine rings is 1. The van der Waals surface area contributed by atoms with Crippen molar-refractivity contribution >= 4 is 23.3 Å². The maximum absolute atomic E-state index is 12.9. The number of nitrogens with one attached hydrogen (secondary N) is 2. The molecule has 2 N–H and O–H groups in total. The molecule has 182 valence electrons. The highest BCUT2D eigenvalue weighted by Crippen LogP contribution is 2.38. The summed E-state index contributed by atoms with van der Waals surface area (Å²) < 4.78 is 7.36. The minimum Gasteiger partial charge on any atom is -0.484 e. The summed E-state index contributed by atoms with van der Waals surface area (Å²) in [5, 5.41) is 14.7. The van der Waals surface area contributed by atoms with Gasteiger partial charge in [-0.1, -0.05) is 24.3 Å². The van der Waals surface area contributed by atoms with Crippen LogP contribution in [0.5, 0.6) is 5.75 Å². The number of hydrogen-bond acceptors (Lipinski definition) is 5. The first-order valence-corrected chi connectivity index (χ1v) is 11.8. The van der Waals surface area contributed by atoms with E-state index in [9.17, 15) is 14.4 Å². The number of rotatable bonds is 5. The summed E-state index contributed by atoms with van der Waals surface area (Å²) in [6.07, 6.45) is 0.827. The van der Waals surface area contributed by atoms with Gasteiger partial charge >= 0.3 is 6.03 Å². The molecule has 0 aliphatic carbocycles. The van der Waals surface area contributed by atoms with Gasteiger partial charge in [0.15, 0.2) is 6.61 Å². The topological polar surface area (TPSA) is 116 Å². The zero-order chi connectivity index (χ0) is 25.1. The number of hydrogen-bond donors (Lipinski definition) is 2. The molecule has 0 spiro atoms. The van der Waals surface area contributed by atoms with Crippen LogP contribution >= 0.6 is 0 Å². The van der Waals surface area contributed by atoms with Crippen LogP contribution in [-0.2, 0) is 11.3 Å². The number of nitrogens with zero attached hydrogens (tertiary/aromatic N) is 3. The monoisotopic (exact) mass is 483 g/mol. The molecule has 0 radical (unpaired) electrons. The van der Waals surface area contributed by atoms with Crippen molar-refractivity contribution in [1.29, 1.82) is 5.26 Å². The molecule has 9 heteroatoms. The third-order valence-electron chi connectivity index (χ3n) is 6.55. The molecule has 3 aromatic rings. The van der Waals surface area contributed by atoms with Crippen LogP contribution in [0.1, 0.15) is 23.6 Å². The van der Waals surface area contributed by atoms with Crippen molar-refractivity contribution in [2.45, 2.75) is 18.9 Å². The van der Waals surface area contributed by atoms with E-state index in [1.165, 1.54) is 6.07 Å². The van der Waals surface area contributed by atoms with Gasteiger partial charge in [0.1, 0.15) is 5.75 Å². The molecule has 2 aromatic carbocycles. The predicted octanol–water partition coefficient (Wildman–Crippen LogP) is 3.39. The summed E-state index contributed by atoms with van der Waals surface area (Å²) in [6, 6.07) is 20.4. The Morgan fingerprint density at radius 2 is 1.83 bits per heavy atom. The summed E-state index contributed by atoms with van der Waals surface area (Å²) in [5.41, 5.74) is 2.05. The Balaban J connectivity index is 1.32. The Bertz CT molecular complexity index is 1400. The van der Waals surface area contributed by atoms with E-state index >= 15 is 0 Å². The molecule has 0 saturated carbocycles. The van der Waals surface area contributed by atoms with Gasteiger partial charge in [-0.25, -0.2) is 4.79 Å². The van der Waals surface area contributed by atoms with E-state index in [1.54, 1.807) is 51.9 Å². The fourth-order valence-electron chi connectivity index (χ4n) is 5.03. The van der Waals surface area contributed by atoms with Crippen molar-refractivity contribution < 1.29 is 14.3 Å². The van der Waals surface area contributed by atoms with Crippen molar-refractivity contribution in [3.05, 3.63) is 88.3 Å². The number of fused-ring (bicyclic) bond motifs is 4. The van der Waals surface area contributed by atoms with Crippen LogP contribution < -0.4 is 20.9 Å². The van der Waals surface area contributed by atoms with E-state index in [2.05, 4.69) is 10.6 Å². The van der Waals surface area contributed by atoms with Crippen molar-refractivity contribution in [3.8, 4) is 11.8 Å². The fraction of sp³-hybridized carbons (Fsp3) is 0.259. The number of carbonyl (C=O) groups is 2. The van der Waals surface area contributed by atoms with Gasteiger partial charge in [0, 0.05) is 43.0 Å². The zero-order valence-electron chi connectivity index (χ0n) is 19.5. The number of anilines is 2. The highest BCUT2D eigenvalue weighted by molar-refractivity contribution is 6.00. The molecule has 5 rings (SSSR count). The van der Waals surface area contributed by atoms with Gasteiger partial charge in [0.05, 0.1) is 17.3 Å². The second-order valence-corrected chi connectivity index (χ2v) is 9.05. The van der Waals surface area contributed by atoms with Gasteiger partial charge in [-0.15, -0.1) is 0 Å². The zero-order valence-corrected chi connectivity index (χ0v) is 19.5. The van der Waals surface area contributed by atoms with Gasteiger partial charge in [0.2, 0.25) is 0 Å². The van der Waals surface area contributed by atoms with Crippen LogP contribution in [0.15, 0.2) is 71.5 Å². The van der Waals surface area contributed by atoms with E-state index in [-0.39, 0.29) is 29.9 Å². The summed E-state index contributed by atoms with van der Waals surface area (Å²) in [4.78, 5) is 40.1. The molecule has 1 fully saturated rings. The van der Waals surface area contributed by atoms with Crippen molar-refractivity contribution in [3.63, 3.8) is 0 Å². The van der Waals surface area contributed by atoms with E-state index in [0.717, 1.165) is 12.1 Å². The summed E-state index contributed by atoms with van der Waals surface area (Å²) in [5.74, 6) is 0.583. The molecule has 1 aromatic heterocycles. The molecule has 3 amide bonds. The van der Waals surface area contributed by atoms with Crippen LogP contribution in [0.25, 0.3) is 0 Å². The van der Waals surface area contributed by atoms with Crippen LogP contribution in [0.4, 0.5) is 16.2 Å². The number of likely N-dealkylation sites (tertiary alicyclic amines) is 1. The van der Waals surface area contributed by atoms with Gasteiger partial charge in [-0.2, -0.15) is 5.26 Å². The minimum atomic E-state index is -0.478. The number of piperidine rings is 1. The van der Waals surface area contributed by atoms with Gasteiger partial charge < -0.3 is 24.8 Å². The maximum Gasteiger partial charge on any atom is 0.323 e. The first-order chi connectivity index (χ1) is 17.5. The van der Waals surface area contributed by atoms with E-state index in [0.29, 0.717) is 42.3 Å². The van der Waals surface area contributed by atoms with Crippen molar-refractivity contribution in [1.82, 2.24) is 9.47 Å². The Labute approximate surface area is 207 Å². The number of para-hydroxylation sites is 1. The lowest BCUT2D eigenvalue weighted by molar-refractivity contribution is -0.136. The second-order valence-electron chi connectivity index (χ2n) is 9.05. The smallest absolute Gasteiger partial charge is 0.323 e. The fourth-order valence-corrected chi connectivity index (χ4v) is 5.03. The number of urea groups is 1. The quantitative estimate of drug-likeness (QED) is 0.577. The number of amides is 3. The molecule has 2 aliphatic rings. The van der Waals surface area contributed by atoms with Crippen LogP contribution in [0, 0.1) is 17.2 Å². The summed E-state index contributed by atoms with van der Waals surface area (Å²) >= 11 is 0. The number of carbonyl (C=O) groups excluding carboxylic acids is 2. The van der Waals surface area contributed by atoms with E-state index in [1.807, 2.05) is 24.3 Å². The molecule has 2 atom stereocenters. The molecular weight excluding hydrogens is 458 g/mol. The molecule has 0 unspecified atom stereocenters. The van der Waals surface area contributed by atoms with Gasteiger partial charge in [0.25, 0.3) is 11.5 Å². The number of nitriles is 1. The molecule has 1 saturated heterocycles. The largest absolute Gasteiger partial charge is 0.484 e. The van der Waals surface area contributed by atoms with Gasteiger partial charge in [-0.3, -0.25) is 9.59 Å². The lowest BCUT2D eigenvalue weighted by atomic mass is 9.82. The van der Waals surface area contributed by atoms with E-state index < -0.39 is 6.03 Å². The summed E-state index contributed by atoms with van der Waals surface area (Å²) in [7, 11) is 0. The Morgan fingerprint density at radius 3 is 2.64 bits per heavy atom. The summed E-state index contributed by atoms with van der Waals surface area (Å²) in [6.45, 7) is 1.43. The number of aromatic nitrogens is 1. The molecule has 9 nitrogen and oxygen atoms in total. The minimum absolute atomic E-state index is 0.0552. The van der Waals surface area contributed by atoms with Crippen molar-refractivity contribution in [2.24, 2.45) is 5.92 Å². The lowest BCUT2D eigenvalue weighted by Gasteiger charge is -2.43. The third-order valence-corrected chi connectivity index (χ3v) is 6.55. The average molecular weight is 484 g/mol. The first-order valence-electron chi connectivity index (χ1n) is 11.8. The third kappa shape index (κ3) is 4.93.